The van der Waals surface area contributed by atoms with Crippen LogP contribution in [0.2, 0.25) is 5.02 Å². The maximum Gasteiger partial charge on any atom is 0.423 e. The van der Waals surface area contributed by atoms with Gasteiger partial charge in [0.25, 0.3) is 11.5 Å². The number of carbonyl (C=O) groups excluding carboxylic acids is 1. The molecule has 3 atom stereocenters. The number of aliphatic hydroxyl groups excluding tert-OH is 1. The zero-order valence-electron chi connectivity index (χ0n) is 20.5. The number of aromatic nitrogens is 3. The molecule has 3 N–H and O–H groups in total. The number of anilines is 2. The maximum atomic E-state index is 13.2. The first kappa shape index (κ1) is 28.1. The van der Waals surface area contributed by atoms with Gasteiger partial charge >= 0.3 is 6.18 Å². The van der Waals surface area contributed by atoms with Crippen LogP contribution in [0.15, 0.2) is 23.3 Å². The van der Waals surface area contributed by atoms with Crippen LogP contribution in [0.3, 0.4) is 0 Å². The van der Waals surface area contributed by atoms with Crippen LogP contribution in [0.4, 0.5) is 24.7 Å². The molecule has 2 aromatic heterocycles. The summed E-state index contributed by atoms with van der Waals surface area (Å²) in [5.41, 5.74) is -3.43. The Morgan fingerprint density at radius 2 is 2.21 bits per heavy atom. The van der Waals surface area contributed by atoms with Gasteiger partial charge in [0.2, 0.25) is 0 Å². The fourth-order valence-electron chi connectivity index (χ4n) is 4.49. The number of hydrogen-bond acceptors (Lipinski definition) is 9. The fourth-order valence-corrected chi connectivity index (χ4v) is 5.68. The second-order valence-corrected chi connectivity index (χ2v) is 11.8. The number of aliphatic hydroxyl groups is 1. The predicted molar refractivity (Wildman–Crippen MR) is 135 cm³/mol. The molecule has 0 bridgehead atoms. The van der Waals surface area contributed by atoms with Crippen LogP contribution in [0.25, 0.3) is 0 Å². The Morgan fingerprint density at radius 1 is 1.42 bits per heavy atom. The van der Waals surface area contributed by atoms with E-state index in [9.17, 15) is 27.9 Å². The number of fused-ring (bicyclic) bond motifs is 3. The molecule has 2 aliphatic heterocycles. The monoisotopic (exact) mass is 576 g/mol. The third-order valence-corrected chi connectivity index (χ3v) is 8.17. The van der Waals surface area contributed by atoms with Gasteiger partial charge in [-0.05, 0) is 6.92 Å². The van der Waals surface area contributed by atoms with Crippen LogP contribution in [-0.4, -0.2) is 97.5 Å². The third kappa shape index (κ3) is 6.57. The van der Waals surface area contributed by atoms with Gasteiger partial charge in [0, 0.05) is 50.2 Å². The Bertz CT molecular complexity index is 1200. The van der Waals surface area contributed by atoms with Crippen molar-refractivity contribution in [3.63, 3.8) is 0 Å². The van der Waals surface area contributed by atoms with Crippen molar-refractivity contribution in [3.05, 3.63) is 39.4 Å². The number of amides is 1. The zero-order valence-corrected chi connectivity index (χ0v) is 22.7. The lowest BCUT2D eigenvalue weighted by Crippen LogP contribution is -2.57. The van der Waals surface area contributed by atoms with Crippen molar-refractivity contribution in [1.29, 1.82) is 0 Å². The molecule has 4 heterocycles. The molecule has 1 fully saturated rings. The second-order valence-electron chi connectivity index (χ2n) is 9.15. The molecule has 0 aliphatic carbocycles. The largest absolute Gasteiger partial charge is 0.490 e. The van der Waals surface area contributed by atoms with Gasteiger partial charge in [-0.2, -0.15) is 18.3 Å². The topological polar surface area (TPSA) is 133 Å². The van der Waals surface area contributed by atoms with Gasteiger partial charge in [-0.15, -0.1) is 0 Å². The lowest BCUT2D eigenvalue weighted by Gasteiger charge is -2.41. The van der Waals surface area contributed by atoms with Gasteiger partial charge in [0.1, 0.15) is 5.56 Å². The highest BCUT2D eigenvalue weighted by atomic mass is 35.5. The number of hydrogen-bond donors (Lipinski definition) is 3. The summed E-state index contributed by atoms with van der Waals surface area (Å²) in [6, 6.07) is 1.69. The van der Waals surface area contributed by atoms with E-state index in [2.05, 4.69) is 20.3 Å². The lowest BCUT2D eigenvalue weighted by atomic mass is 10.1. The molecule has 0 aromatic carbocycles. The van der Waals surface area contributed by atoms with Crippen molar-refractivity contribution < 1.29 is 32.5 Å². The first-order valence-electron chi connectivity index (χ1n) is 12.1. The number of halogens is 4. The van der Waals surface area contributed by atoms with Crippen molar-refractivity contribution in [2.24, 2.45) is 0 Å². The summed E-state index contributed by atoms with van der Waals surface area (Å²) in [6.45, 7) is 3.19. The van der Waals surface area contributed by atoms with E-state index in [1.165, 1.54) is 0 Å². The summed E-state index contributed by atoms with van der Waals surface area (Å²) in [5, 5.41) is 18.8. The molecule has 0 radical (unpaired) electrons. The van der Waals surface area contributed by atoms with Gasteiger partial charge in [0.15, 0.2) is 17.7 Å². The van der Waals surface area contributed by atoms with Crippen molar-refractivity contribution in [3.8, 4) is 5.75 Å². The SMILES string of the molecule is C[C@H](Nc1cn[nH]c(=O)c1C(F)(F)F)[SiH2]COC[C@H](O)C(=O)N1CCN2c3ncc(Cl)cc3OCCC2C1. The van der Waals surface area contributed by atoms with Crippen LogP contribution in [0.1, 0.15) is 18.9 Å². The number of aromatic amines is 1. The van der Waals surface area contributed by atoms with E-state index in [-0.39, 0.29) is 24.5 Å². The van der Waals surface area contributed by atoms with E-state index in [1.807, 2.05) is 0 Å². The van der Waals surface area contributed by atoms with E-state index < -0.39 is 44.5 Å². The van der Waals surface area contributed by atoms with Gasteiger partial charge < -0.3 is 29.7 Å². The Hall–Kier alpha value is -2.88. The van der Waals surface area contributed by atoms with E-state index in [4.69, 9.17) is 21.1 Å². The van der Waals surface area contributed by atoms with Crippen molar-refractivity contribution in [2.45, 2.75) is 37.3 Å². The Balaban J connectivity index is 1.24. The van der Waals surface area contributed by atoms with E-state index in [0.717, 1.165) is 6.20 Å². The smallest absolute Gasteiger partial charge is 0.423 e. The van der Waals surface area contributed by atoms with Crippen molar-refractivity contribution in [2.75, 3.05) is 49.3 Å². The minimum Gasteiger partial charge on any atom is -0.490 e. The normalized spacial score (nSPS) is 19.4. The molecule has 4 rings (SSSR count). The van der Waals surface area contributed by atoms with E-state index >= 15 is 0 Å². The molecular formula is C22H28ClF3N6O5Si. The predicted octanol–water partition coefficient (Wildman–Crippen LogP) is 0.599. The molecular weight excluding hydrogens is 549 g/mol. The minimum atomic E-state index is -4.83. The highest BCUT2D eigenvalue weighted by Crippen LogP contribution is 2.34. The number of ether oxygens (including phenoxy) is 2. The number of H-pyrrole nitrogens is 1. The van der Waals surface area contributed by atoms with Gasteiger partial charge in [-0.25, -0.2) is 10.1 Å². The number of alkyl halides is 3. The van der Waals surface area contributed by atoms with Crippen LogP contribution in [0, 0.1) is 0 Å². The Labute approximate surface area is 223 Å². The second kappa shape index (κ2) is 11.9. The summed E-state index contributed by atoms with van der Waals surface area (Å²) >= 11 is 6.03. The number of piperazine rings is 1. The first-order valence-corrected chi connectivity index (χ1v) is 14.2. The number of nitrogens with one attached hydrogen (secondary N) is 2. The average molecular weight is 577 g/mol. The summed E-state index contributed by atoms with van der Waals surface area (Å²) in [5.74, 6) is 0.834. The number of pyridine rings is 1. The summed E-state index contributed by atoms with van der Waals surface area (Å²) in [6.07, 6.45) is -2.85. The lowest BCUT2D eigenvalue weighted by molar-refractivity contribution is -0.143. The molecule has 11 nitrogen and oxygen atoms in total. The Morgan fingerprint density at radius 3 is 2.97 bits per heavy atom. The fraction of sp³-hybridized carbons (Fsp3) is 0.545. The molecule has 1 amide bonds. The summed E-state index contributed by atoms with van der Waals surface area (Å²) < 4.78 is 50.8. The first-order chi connectivity index (χ1) is 18.0. The van der Waals surface area contributed by atoms with E-state index in [1.54, 1.807) is 29.2 Å². The van der Waals surface area contributed by atoms with Crippen LogP contribution >= 0.6 is 11.6 Å². The molecule has 0 spiro atoms. The quantitative estimate of drug-likeness (QED) is 0.305. The molecule has 208 valence electrons. The van der Waals surface area contributed by atoms with Crippen LogP contribution in [-0.2, 0) is 15.7 Å². The van der Waals surface area contributed by atoms with Crippen LogP contribution in [0.5, 0.6) is 5.75 Å². The molecule has 2 aromatic rings. The van der Waals surface area contributed by atoms with Gasteiger partial charge in [-0.1, -0.05) is 11.6 Å². The number of rotatable bonds is 8. The zero-order chi connectivity index (χ0) is 27.4. The Kier molecular flexibility index (Phi) is 8.80. The van der Waals surface area contributed by atoms with Crippen molar-refractivity contribution in [1.82, 2.24) is 20.1 Å². The number of nitrogens with zero attached hydrogens (tertiary/aromatic N) is 4. The highest BCUT2D eigenvalue weighted by molar-refractivity contribution is 6.38. The standard InChI is InChI=1S/C22H28ClF3N6O5Si/c1-12(29-15-8-28-30-20(34)18(15)22(24,25)26)38-11-36-10-16(33)21(35)31-3-4-32-14(9-31)2-5-37-17-6-13(23)7-27-19(17)32/h6-8,12,14,16,33H,2-5,9-11,38H2,1H3,(H2,29,30,34)/t12-,14?,16+/m1/s1. The third-order valence-electron chi connectivity index (χ3n) is 6.37. The maximum absolute atomic E-state index is 13.2. The molecule has 2 aliphatic rings. The van der Waals surface area contributed by atoms with Gasteiger partial charge in [-0.3, -0.25) is 9.59 Å². The molecule has 1 saturated heterocycles. The average Bonchev–Trinajstić information content (AvgIpc) is 3.03. The van der Waals surface area contributed by atoms with Crippen LogP contribution < -0.4 is 20.5 Å². The molecule has 1 unspecified atom stereocenters. The van der Waals surface area contributed by atoms with Gasteiger partial charge in [0.05, 0.1) is 45.7 Å². The van der Waals surface area contributed by atoms with E-state index in [0.29, 0.717) is 49.3 Å². The summed E-state index contributed by atoms with van der Waals surface area (Å²) in [7, 11) is -1.13. The van der Waals surface area contributed by atoms with Crippen molar-refractivity contribution >= 4 is 38.5 Å². The minimum absolute atomic E-state index is 0.0311. The highest BCUT2D eigenvalue weighted by Gasteiger charge is 2.38. The molecule has 16 heteroatoms. The molecule has 38 heavy (non-hydrogen) atoms. The number of carbonyl (C=O) groups is 1. The summed E-state index contributed by atoms with van der Waals surface area (Å²) in [4.78, 5) is 32.5. The molecule has 0 saturated carbocycles.